The zero-order valence-corrected chi connectivity index (χ0v) is 11.4. The summed E-state index contributed by atoms with van der Waals surface area (Å²) in [4.78, 5) is 0. The molecule has 0 saturated heterocycles. The van der Waals surface area contributed by atoms with Gasteiger partial charge in [-0.25, -0.2) is 4.39 Å². The minimum Gasteiger partial charge on any atom is -0.387 e. The topological polar surface area (TPSA) is 44.0 Å². The smallest absolute Gasteiger partial charge is 0.387 e. The first-order valence-corrected chi connectivity index (χ1v) is 6.65. The van der Waals surface area contributed by atoms with Crippen LogP contribution in [0.5, 0.6) is 0 Å². The summed E-state index contributed by atoms with van der Waals surface area (Å²) in [7, 11) is 0. The lowest BCUT2D eigenvalue weighted by atomic mass is 9.78. The van der Waals surface area contributed by atoms with Crippen molar-refractivity contribution in [2.45, 2.75) is 38.5 Å². The van der Waals surface area contributed by atoms with Gasteiger partial charge in [-0.2, -0.15) is 18.4 Å². The van der Waals surface area contributed by atoms with Gasteiger partial charge in [0.25, 0.3) is 0 Å². The van der Waals surface area contributed by atoms with Gasteiger partial charge < -0.3 is 5.11 Å². The Morgan fingerprint density at radius 2 is 2.05 bits per heavy atom. The lowest BCUT2D eigenvalue weighted by Gasteiger charge is -2.28. The number of aliphatic hydroxyl groups excluding tert-OH is 1. The quantitative estimate of drug-likeness (QED) is 0.832. The number of alkyl halides is 3. The number of benzene rings is 1. The van der Waals surface area contributed by atoms with Gasteiger partial charge in [0.15, 0.2) is 0 Å². The molecule has 1 N–H and O–H groups in total. The van der Waals surface area contributed by atoms with Crippen molar-refractivity contribution in [2.24, 2.45) is 11.3 Å². The second-order valence-corrected chi connectivity index (χ2v) is 5.79. The predicted octanol–water partition coefficient (Wildman–Crippen LogP) is 4.21. The van der Waals surface area contributed by atoms with Gasteiger partial charge in [0, 0.05) is 0 Å². The molecule has 0 aliphatic heterocycles. The van der Waals surface area contributed by atoms with Crippen molar-refractivity contribution < 1.29 is 22.7 Å². The van der Waals surface area contributed by atoms with E-state index in [4.69, 9.17) is 0 Å². The van der Waals surface area contributed by atoms with Crippen molar-refractivity contribution in [1.82, 2.24) is 0 Å². The van der Waals surface area contributed by atoms with Crippen LogP contribution in [0.4, 0.5) is 17.6 Å². The maximum atomic E-state index is 13.4. The first-order valence-electron chi connectivity index (χ1n) is 6.65. The second-order valence-electron chi connectivity index (χ2n) is 5.79. The lowest BCUT2D eigenvalue weighted by Crippen LogP contribution is -2.25. The fourth-order valence-corrected chi connectivity index (χ4v) is 2.99. The van der Waals surface area contributed by atoms with Gasteiger partial charge in [-0.15, -0.1) is 0 Å². The van der Waals surface area contributed by atoms with E-state index in [0.717, 1.165) is 12.1 Å². The maximum Gasteiger partial charge on any atom is 0.416 e. The van der Waals surface area contributed by atoms with E-state index in [1.807, 2.05) is 13.0 Å². The van der Waals surface area contributed by atoms with E-state index in [0.29, 0.717) is 25.3 Å². The number of nitriles is 1. The predicted molar refractivity (Wildman–Crippen MR) is 67.4 cm³/mol. The minimum absolute atomic E-state index is 0.196. The highest BCUT2D eigenvalue weighted by atomic mass is 19.4. The van der Waals surface area contributed by atoms with Crippen LogP contribution in [0.25, 0.3) is 0 Å². The van der Waals surface area contributed by atoms with Gasteiger partial charge in [-0.05, 0) is 48.9 Å². The third-order valence-corrected chi connectivity index (χ3v) is 4.11. The van der Waals surface area contributed by atoms with Gasteiger partial charge in [-0.3, -0.25) is 0 Å². The molecule has 1 aromatic carbocycles. The molecule has 0 heterocycles. The number of hydrogen-bond acceptors (Lipinski definition) is 2. The van der Waals surface area contributed by atoms with Crippen molar-refractivity contribution >= 4 is 0 Å². The van der Waals surface area contributed by atoms with Crippen LogP contribution in [0.15, 0.2) is 18.2 Å². The summed E-state index contributed by atoms with van der Waals surface area (Å²) in [5, 5.41) is 19.7. The number of aliphatic hydroxyl groups is 1. The van der Waals surface area contributed by atoms with Crippen LogP contribution in [-0.4, -0.2) is 5.11 Å². The van der Waals surface area contributed by atoms with E-state index in [1.54, 1.807) is 0 Å². The zero-order valence-electron chi connectivity index (χ0n) is 11.4. The molecule has 0 bridgehead atoms. The van der Waals surface area contributed by atoms with Crippen molar-refractivity contribution in [3.8, 4) is 6.07 Å². The highest BCUT2D eigenvalue weighted by molar-refractivity contribution is 5.31. The molecule has 3 atom stereocenters. The van der Waals surface area contributed by atoms with Crippen molar-refractivity contribution in [2.75, 3.05) is 0 Å². The first-order chi connectivity index (χ1) is 9.68. The summed E-state index contributed by atoms with van der Waals surface area (Å²) in [6.07, 6.45) is -4.62. The van der Waals surface area contributed by atoms with Crippen LogP contribution >= 0.6 is 0 Å². The molecular formula is C15H15F4NO. The summed E-state index contributed by atoms with van der Waals surface area (Å²) in [5.41, 5.74) is -2.50. The Balaban J connectivity index is 2.42. The average Bonchev–Trinajstić information content (AvgIpc) is 2.79. The van der Waals surface area contributed by atoms with Crippen molar-refractivity contribution in [3.63, 3.8) is 0 Å². The zero-order chi connectivity index (χ0) is 15.8. The Morgan fingerprint density at radius 1 is 1.38 bits per heavy atom. The number of halogens is 4. The molecule has 0 amide bonds. The van der Waals surface area contributed by atoms with Crippen LogP contribution in [-0.2, 0) is 6.18 Å². The molecule has 0 spiro atoms. The molecule has 21 heavy (non-hydrogen) atoms. The Morgan fingerprint density at radius 3 is 2.52 bits per heavy atom. The monoisotopic (exact) mass is 301 g/mol. The Hall–Kier alpha value is -1.61. The summed E-state index contributed by atoms with van der Waals surface area (Å²) in [5.74, 6) is -0.868. The average molecular weight is 301 g/mol. The number of hydrogen-bond donors (Lipinski definition) is 1. The Bertz CT molecular complexity index is 578. The summed E-state index contributed by atoms with van der Waals surface area (Å²) in [6.45, 7) is 1.92. The molecule has 1 aliphatic carbocycles. The van der Waals surface area contributed by atoms with Gasteiger partial charge >= 0.3 is 6.18 Å². The van der Waals surface area contributed by atoms with Gasteiger partial charge in [0.2, 0.25) is 0 Å². The normalized spacial score (nSPS) is 27.4. The first kappa shape index (κ1) is 15.8. The molecule has 114 valence electrons. The van der Waals surface area contributed by atoms with Crippen LogP contribution in [0.3, 0.4) is 0 Å². The molecule has 1 aliphatic rings. The van der Waals surface area contributed by atoms with E-state index in [1.165, 1.54) is 0 Å². The van der Waals surface area contributed by atoms with Gasteiger partial charge in [0.1, 0.15) is 5.82 Å². The van der Waals surface area contributed by atoms with E-state index >= 15 is 0 Å². The third kappa shape index (κ3) is 3.03. The van der Waals surface area contributed by atoms with E-state index < -0.39 is 29.1 Å². The SMILES string of the molecule is CC1CCC(C#N)(C(O)c2cc(F)cc(C(F)(F)F)c2)C1. The summed E-state index contributed by atoms with van der Waals surface area (Å²) >= 11 is 0. The molecule has 1 fully saturated rings. The van der Waals surface area contributed by atoms with Crippen LogP contribution < -0.4 is 0 Å². The van der Waals surface area contributed by atoms with Gasteiger partial charge in [0.05, 0.1) is 23.2 Å². The van der Waals surface area contributed by atoms with Gasteiger partial charge in [-0.1, -0.05) is 6.92 Å². The van der Waals surface area contributed by atoms with Crippen LogP contribution in [0.1, 0.15) is 43.4 Å². The fraction of sp³-hybridized carbons (Fsp3) is 0.533. The molecule has 1 saturated carbocycles. The third-order valence-electron chi connectivity index (χ3n) is 4.11. The fourth-order valence-electron chi connectivity index (χ4n) is 2.99. The summed E-state index contributed by atoms with van der Waals surface area (Å²) in [6, 6.07) is 3.99. The molecule has 6 heteroatoms. The Kier molecular flexibility index (Phi) is 3.98. The molecular weight excluding hydrogens is 286 g/mol. The molecule has 2 rings (SSSR count). The van der Waals surface area contributed by atoms with E-state index in [9.17, 15) is 27.9 Å². The molecule has 3 unspecified atom stereocenters. The number of rotatable bonds is 2. The Labute approximate surface area is 120 Å². The van der Waals surface area contributed by atoms with E-state index in [2.05, 4.69) is 0 Å². The largest absolute Gasteiger partial charge is 0.416 e. The number of nitrogens with zero attached hydrogens (tertiary/aromatic N) is 1. The molecule has 1 aromatic rings. The van der Waals surface area contributed by atoms with E-state index in [-0.39, 0.29) is 11.5 Å². The highest BCUT2D eigenvalue weighted by Gasteiger charge is 2.45. The lowest BCUT2D eigenvalue weighted by molar-refractivity contribution is -0.137. The second kappa shape index (κ2) is 5.30. The highest BCUT2D eigenvalue weighted by Crippen LogP contribution is 2.50. The molecule has 0 aromatic heterocycles. The maximum absolute atomic E-state index is 13.4. The summed E-state index contributed by atoms with van der Waals surface area (Å²) < 4.78 is 51.6. The molecule has 0 radical (unpaired) electrons. The minimum atomic E-state index is -4.70. The molecule has 2 nitrogen and oxygen atoms in total. The van der Waals surface area contributed by atoms with Crippen molar-refractivity contribution in [3.05, 3.63) is 35.1 Å². The van der Waals surface area contributed by atoms with Crippen LogP contribution in [0.2, 0.25) is 0 Å². The van der Waals surface area contributed by atoms with Crippen LogP contribution in [0, 0.1) is 28.5 Å². The standard InChI is InChI=1S/C15H15F4NO/c1-9-2-3-14(7-9,8-20)13(21)10-4-11(15(17,18)19)6-12(16)5-10/h4-6,9,13,21H,2-3,7H2,1H3. The van der Waals surface area contributed by atoms with Crippen molar-refractivity contribution in [1.29, 1.82) is 5.26 Å².